The molecular weight excluding hydrogens is 420 g/mol. The molecule has 0 aromatic heterocycles. The van der Waals surface area contributed by atoms with Crippen LogP contribution in [0, 0.1) is 17.8 Å². The van der Waals surface area contributed by atoms with Crippen LogP contribution in [-0.2, 0) is 24.0 Å². The van der Waals surface area contributed by atoms with Gasteiger partial charge in [-0.05, 0) is 24.2 Å². The van der Waals surface area contributed by atoms with E-state index in [2.05, 4.69) is 16.0 Å². The van der Waals surface area contributed by atoms with Crippen LogP contribution in [0.2, 0.25) is 0 Å². The lowest BCUT2D eigenvalue weighted by molar-refractivity contribution is -0.144. The lowest BCUT2D eigenvalue weighted by Crippen LogP contribution is -2.59. The predicted octanol–water partition coefficient (Wildman–Crippen LogP) is 0.0756. The zero-order chi connectivity index (χ0) is 25.2. The Morgan fingerprint density at radius 3 is 1.72 bits per heavy atom. The number of carbonyl (C=O) groups is 5. The van der Waals surface area contributed by atoms with E-state index in [0.29, 0.717) is 6.42 Å². The number of aliphatic carboxylic acids is 2. The van der Waals surface area contributed by atoms with Gasteiger partial charge in [-0.25, -0.2) is 4.79 Å². The SMILES string of the molecule is CCC(C)C(NC(=O)C(NC(=O)C(CCC(=O)O)NC(=O)C(N)C(C)C)C(C)C)C(=O)O. The summed E-state index contributed by atoms with van der Waals surface area (Å²) in [6, 6.07) is -4.33. The topological polar surface area (TPSA) is 188 Å². The van der Waals surface area contributed by atoms with Crippen LogP contribution in [0.15, 0.2) is 0 Å². The van der Waals surface area contributed by atoms with Gasteiger partial charge in [-0.15, -0.1) is 0 Å². The summed E-state index contributed by atoms with van der Waals surface area (Å²) in [7, 11) is 0. The molecule has 0 saturated carbocycles. The molecule has 0 saturated heterocycles. The molecule has 0 spiro atoms. The van der Waals surface area contributed by atoms with Crippen LogP contribution < -0.4 is 21.7 Å². The fourth-order valence-corrected chi connectivity index (χ4v) is 2.82. The fourth-order valence-electron chi connectivity index (χ4n) is 2.82. The quantitative estimate of drug-likeness (QED) is 0.211. The van der Waals surface area contributed by atoms with Gasteiger partial charge in [-0.3, -0.25) is 19.2 Å². The first-order valence-electron chi connectivity index (χ1n) is 10.8. The molecular formula is C21H38N4O7. The van der Waals surface area contributed by atoms with Crippen molar-refractivity contribution in [2.24, 2.45) is 23.5 Å². The minimum absolute atomic E-state index is 0.200. The lowest BCUT2D eigenvalue weighted by atomic mass is 9.97. The van der Waals surface area contributed by atoms with E-state index in [1.165, 1.54) is 0 Å². The monoisotopic (exact) mass is 458 g/mol. The second-order valence-corrected chi connectivity index (χ2v) is 8.70. The lowest BCUT2D eigenvalue weighted by Gasteiger charge is -2.28. The molecule has 0 aromatic carbocycles. The van der Waals surface area contributed by atoms with Crippen molar-refractivity contribution in [2.75, 3.05) is 0 Å². The van der Waals surface area contributed by atoms with Crippen molar-refractivity contribution in [1.29, 1.82) is 0 Å². The van der Waals surface area contributed by atoms with Gasteiger partial charge in [0, 0.05) is 6.42 Å². The fraction of sp³-hybridized carbons (Fsp3) is 0.762. The van der Waals surface area contributed by atoms with Gasteiger partial charge >= 0.3 is 11.9 Å². The Kier molecular flexibility index (Phi) is 12.5. The van der Waals surface area contributed by atoms with E-state index < -0.39 is 59.7 Å². The van der Waals surface area contributed by atoms with Crippen LogP contribution in [0.5, 0.6) is 0 Å². The Morgan fingerprint density at radius 1 is 0.781 bits per heavy atom. The maximum absolute atomic E-state index is 12.9. The van der Waals surface area contributed by atoms with Gasteiger partial charge in [0.2, 0.25) is 17.7 Å². The number of nitrogens with two attached hydrogens (primary N) is 1. The van der Waals surface area contributed by atoms with Gasteiger partial charge in [-0.1, -0.05) is 48.0 Å². The second kappa shape index (κ2) is 13.7. The van der Waals surface area contributed by atoms with Crippen molar-refractivity contribution in [3.05, 3.63) is 0 Å². The largest absolute Gasteiger partial charge is 0.481 e. The Labute approximate surface area is 188 Å². The number of hydrogen-bond acceptors (Lipinski definition) is 6. The Balaban J connectivity index is 5.53. The van der Waals surface area contributed by atoms with Crippen molar-refractivity contribution in [1.82, 2.24) is 16.0 Å². The molecule has 0 fully saturated rings. The van der Waals surface area contributed by atoms with E-state index in [9.17, 15) is 29.1 Å². The van der Waals surface area contributed by atoms with Crippen molar-refractivity contribution >= 4 is 29.7 Å². The van der Waals surface area contributed by atoms with Crippen molar-refractivity contribution < 1.29 is 34.2 Å². The van der Waals surface area contributed by atoms with Crippen molar-refractivity contribution in [3.63, 3.8) is 0 Å². The first-order valence-corrected chi connectivity index (χ1v) is 10.8. The normalized spacial score (nSPS) is 15.9. The number of nitrogens with one attached hydrogen (secondary N) is 3. The molecule has 184 valence electrons. The van der Waals surface area contributed by atoms with E-state index >= 15 is 0 Å². The Morgan fingerprint density at radius 2 is 1.31 bits per heavy atom. The molecule has 3 amide bonds. The van der Waals surface area contributed by atoms with Gasteiger partial charge < -0.3 is 31.9 Å². The number of amides is 3. The van der Waals surface area contributed by atoms with Crippen molar-refractivity contribution in [2.45, 2.75) is 85.0 Å². The number of rotatable bonds is 14. The van der Waals surface area contributed by atoms with E-state index in [4.69, 9.17) is 10.8 Å². The van der Waals surface area contributed by atoms with Crippen molar-refractivity contribution in [3.8, 4) is 0 Å². The standard InChI is InChI=1S/C21H38N4O7/c1-7-12(6)17(21(31)32)25-20(30)16(11(4)5)24-18(28)13(8-9-14(26)27)23-19(29)15(22)10(2)3/h10-13,15-17H,7-9,22H2,1-6H3,(H,23,29)(H,24,28)(H,25,30)(H,26,27)(H,31,32). The summed E-state index contributed by atoms with van der Waals surface area (Å²) in [5, 5.41) is 25.8. The molecule has 0 rings (SSSR count). The maximum atomic E-state index is 12.9. The molecule has 0 heterocycles. The second-order valence-electron chi connectivity index (χ2n) is 8.70. The molecule has 0 aliphatic heterocycles. The van der Waals surface area contributed by atoms with E-state index in [0.717, 1.165) is 0 Å². The van der Waals surface area contributed by atoms with Gasteiger partial charge in [0.15, 0.2) is 0 Å². The zero-order valence-corrected chi connectivity index (χ0v) is 19.7. The van der Waals surface area contributed by atoms with E-state index in [1.54, 1.807) is 41.5 Å². The summed E-state index contributed by atoms with van der Waals surface area (Å²) in [6.45, 7) is 10.3. The van der Waals surface area contributed by atoms with Gasteiger partial charge in [0.25, 0.3) is 0 Å². The van der Waals surface area contributed by atoms with Gasteiger partial charge in [0.1, 0.15) is 18.1 Å². The highest BCUT2D eigenvalue weighted by Gasteiger charge is 2.33. The Bertz CT molecular complexity index is 681. The summed E-state index contributed by atoms with van der Waals surface area (Å²) in [5.41, 5.74) is 5.81. The molecule has 0 aromatic rings. The highest BCUT2D eigenvalue weighted by molar-refractivity contribution is 5.94. The van der Waals surface area contributed by atoms with Crippen LogP contribution in [-0.4, -0.2) is 64.0 Å². The summed E-state index contributed by atoms with van der Waals surface area (Å²) in [6.07, 6.45) is -0.0624. The third-order valence-corrected chi connectivity index (χ3v) is 5.32. The van der Waals surface area contributed by atoms with Crippen LogP contribution in [0.1, 0.15) is 60.8 Å². The molecule has 0 aliphatic carbocycles. The first kappa shape index (κ1) is 29.3. The number of carboxylic acid groups (broad SMARTS) is 2. The Hall–Kier alpha value is -2.69. The first-order chi connectivity index (χ1) is 14.7. The third-order valence-electron chi connectivity index (χ3n) is 5.32. The highest BCUT2D eigenvalue weighted by Crippen LogP contribution is 2.11. The van der Waals surface area contributed by atoms with Crippen LogP contribution >= 0.6 is 0 Å². The van der Waals surface area contributed by atoms with Crippen LogP contribution in [0.4, 0.5) is 0 Å². The summed E-state index contributed by atoms with van der Waals surface area (Å²) < 4.78 is 0. The molecule has 5 unspecified atom stereocenters. The summed E-state index contributed by atoms with van der Waals surface area (Å²) in [5.74, 6) is -5.32. The molecule has 7 N–H and O–H groups in total. The molecule has 11 nitrogen and oxygen atoms in total. The predicted molar refractivity (Wildman–Crippen MR) is 117 cm³/mol. The smallest absolute Gasteiger partial charge is 0.326 e. The third kappa shape index (κ3) is 9.63. The molecule has 5 atom stereocenters. The molecule has 0 radical (unpaired) electrons. The van der Waals surface area contributed by atoms with Gasteiger partial charge in [-0.2, -0.15) is 0 Å². The minimum Gasteiger partial charge on any atom is -0.481 e. The van der Waals surface area contributed by atoms with E-state index in [1.807, 2.05) is 0 Å². The summed E-state index contributed by atoms with van der Waals surface area (Å²) >= 11 is 0. The molecule has 0 bridgehead atoms. The van der Waals surface area contributed by atoms with Gasteiger partial charge in [0.05, 0.1) is 6.04 Å². The highest BCUT2D eigenvalue weighted by atomic mass is 16.4. The minimum atomic E-state index is -1.22. The average molecular weight is 459 g/mol. The molecule has 32 heavy (non-hydrogen) atoms. The van der Waals surface area contributed by atoms with Crippen LogP contribution in [0.25, 0.3) is 0 Å². The average Bonchev–Trinajstić information content (AvgIpc) is 2.70. The molecule has 11 heteroatoms. The molecule has 0 aliphatic rings. The number of carboxylic acids is 2. The summed E-state index contributed by atoms with van der Waals surface area (Å²) in [4.78, 5) is 60.5. The number of carbonyl (C=O) groups excluding carboxylic acids is 3. The van der Waals surface area contributed by atoms with E-state index in [-0.39, 0.29) is 24.7 Å². The zero-order valence-electron chi connectivity index (χ0n) is 19.7. The maximum Gasteiger partial charge on any atom is 0.326 e. The van der Waals surface area contributed by atoms with Crippen LogP contribution in [0.3, 0.4) is 0 Å². The number of hydrogen-bond donors (Lipinski definition) is 6.